The summed E-state index contributed by atoms with van der Waals surface area (Å²) < 4.78 is 49.8. The number of halogens is 4. The lowest BCUT2D eigenvalue weighted by Crippen LogP contribution is -2.24. The Morgan fingerprint density at radius 3 is 2.50 bits per heavy atom. The van der Waals surface area contributed by atoms with E-state index in [1.165, 1.54) is 6.07 Å². The molecule has 8 heteroatoms. The van der Waals surface area contributed by atoms with Crippen LogP contribution in [0.15, 0.2) is 22.7 Å². The summed E-state index contributed by atoms with van der Waals surface area (Å²) in [6.45, 7) is 4.41. The van der Waals surface area contributed by atoms with Gasteiger partial charge in [0, 0.05) is 5.56 Å². The molecule has 0 saturated carbocycles. The third-order valence-corrected chi connectivity index (χ3v) is 3.06. The summed E-state index contributed by atoms with van der Waals surface area (Å²) in [5.41, 5.74) is 0.360. The lowest BCUT2D eigenvalue weighted by Gasteiger charge is -2.12. The van der Waals surface area contributed by atoms with Crippen LogP contribution in [0.25, 0.3) is 11.4 Å². The van der Waals surface area contributed by atoms with Crippen molar-refractivity contribution in [3.63, 3.8) is 0 Å². The Labute approximate surface area is 130 Å². The van der Waals surface area contributed by atoms with Crippen LogP contribution in [0.1, 0.15) is 26.7 Å². The fourth-order valence-electron chi connectivity index (χ4n) is 1.64. The Balaban J connectivity index is 2.30. The van der Waals surface area contributed by atoms with Gasteiger partial charge in [0.05, 0.1) is 11.1 Å². The second-order valence-electron chi connectivity index (χ2n) is 4.97. The lowest BCUT2D eigenvalue weighted by molar-refractivity contribution is -0.0949. The summed E-state index contributed by atoms with van der Waals surface area (Å²) in [5.74, 6) is -4.56. The Morgan fingerprint density at radius 1 is 1.27 bits per heavy atom. The molecule has 0 radical (unpaired) electrons. The highest BCUT2D eigenvalue weighted by Gasteiger charge is 2.45. The average Bonchev–Trinajstić information content (AvgIpc) is 2.90. The third kappa shape index (κ3) is 3.35. The summed E-state index contributed by atoms with van der Waals surface area (Å²) in [5, 5.41) is 3.72. The van der Waals surface area contributed by atoms with E-state index in [4.69, 9.17) is 16.3 Å². The largest absolute Gasteiger partial charge is 0.489 e. The molecule has 0 amide bonds. The Bertz CT molecular complexity index is 659. The Morgan fingerprint density at radius 2 is 1.95 bits per heavy atom. The summed E-state index contributed by atoms with van der Waals surface area (Å²) in [6.07, 6.45) is -2.50. The molecule has 0 aliphatic heterocycles. The molecule has 0 aliphatic rings. The summed E-state index contributed by atoms with van der Waals surface area (Å²) in [7, 11) is 0. The lowest BCUT2D eigenvalue weighted by atomic mass is 10.2. The first kappa shape index (κ1) is 16.6. The van der Waals surface area contributed by atoms with Crippen molar-refractivity contribution < 1.29 is 22.4 Å². The number of aromatic nitrogens is 2. The van der Waals surface area contributed by atoms with Crippen LogP contribution >= 0.6 is 11.6 Å². The standard InChI is InChI=1S/C14H14ClF3N2O2/c1-7(2)21-11-5-4-9(6-10(11)15)12-19-13(22-20-12)14(17,18)8(3)16/h4-8H,1-3H3. The SMILES string of the molecule is CC(C)Oc1ccc(-c2noc(C(F)(F)C(C)F)n2)cc1Cl. The molecule has 0 spiro atoms. The number of benzene rings is 1. The minimum Gasteiger partial charge on any atom is -0.489 e. The smallest absolute Gasteiger partial charge is 0.355 e. The van der Waals surface area contributed by atoms with Crippen molar-refractivity contribution in [2.24, 2.45) is 0 Å². The predicted molar refractivity (Wildman–Crippen MR) is 75.0 cm³/mol. The van der Waals surface area contributed by atoms with Gasteiger partial charge in [0.2, 0.25) is 5.82 Å². The fourth-order valence-corrected chi connectivity index (χ4v) is 1.86. The molecule has 1 atom stereocenters. The zero-order chi connectivity index (χ0) is 16.5. The molecule has 22 heavy (non-hydrogen) atoms. The normalized spacial score (nSPS) is 13.5. The van der Waals surface area contributed by atoms with Crippen LogP contribution in [0, 0.1) is 0 Å². The van der Waals surface area contributed by atoms with Crippen molar-refractivity contribution in [1.29, 1.82) is 0 Å². The van der Waals surface area contributed by atoms with E-state index in [0.717, 1.165) is 6.92 Å². The van der Waals surface area contributed by atoms with Gasteiger partial charge >= 0.3 is 11.8 Å². The molecule has 0 aliphatic carbocycles. The molecule has 1 heterocycles. The van der Waals surface area contributed by atoms with E-state index in [9.17, 15) is 13.2 Å². The predicted octanol–water partition coefficient (Wildman–Crippen LogP) is 4.63. The van der Waals surface area contributed by atoms with Gasteiger partial charge in [0.1, 0.15) is 5.75 Å². The van der Waals surface area contributed by atoms with Gasteiger partial charge in [-0.25, -0.2) is 4.39 Å². The highest BCUT2D eigenvalue weighted by atomic mass is 35.5. The molecule has 0 saturated heterocycles. The average molecular weight is 335 g/mol. The van der Waals surface area contributed by atoms with E-state index >= 15 is 0 Å². The number of nitrogens with zero attached hydrogens (tertiary/aromatic N) is 2. The molecular weight excluding hydrogens is 321 g/mol. The first-order valence-electron chi connectivity index (χ1n) is 6.54. The van der Waals surface area contributed by atoms with Crippen molar-refractivity contribution >= 4 is 11.6 Å². The third-order valence-electron chi connectivity index (χ3n) is 2.76. The number of rotatable bonds is 5. The molecule has 4 nitrogen and oxygen atoms in total. The van der Waals surface area contributed by atoms with Gasteiger partial charge in [0.15, 0.2) is 6.17 Å². The van der Waals surface area contributed by atoms with E-state index in [2.05, 4.69) is 14.7 Å². The molecule has 2 rings (SSSR count). The van der Waals surface area contributed by atoms with Gasteiger partial charge in [-0.2, -0.15) is 13.8 Å². The molecule has 2 aromatic rings. The maximum absolute atomic E-state index is 13.5. The number of alkyl halides is 3. The molecule has 0 bridgehead atoms. The molecule has 120 valence electrons. The van der Waals surface area contributed by atoms with Gasteiger partial charge in [0.25, 0.3) is 0 Å². The highest BCUT2D eigenvalue weighted by Crippen LogP contribution is 2.34. The molecule has 0 fully saturated rings. The van der Waals surface area contributed by atoms with Crippen molar-refractivity contribution in [3.05, 3.63) is 29.1 Å². The van der Waals surface area contributed by atoms with E-state index in [0.29, 0.717) is 11.3 Å². The van der Waals surface area contributed by atoms with Gasteiger partial charge in [-0.15, -0.1) is 0 Å². The van der Waals surface area contributed by atoms with Crippen molar-refractivity contribution in [2.45, 2.75) is 39.0 Å². The maximum Gasteiger partial charge on any atom is 0.355 e. The van der Waals surface area contributed by atoms with Gasteiger partial charge in [-0.05, 0) is 39.0 Å². The molecule has 1 aromatic carbocycles. The number of hydrogen-bond acceptors (Lipinski definition) is 4. The van der Waals surface area contributed by atoms with E-state index < -0.39 is 18.0 Å². The van der Waals surface area contributed by atoms with Crippen molar-refractivity contribution in [3.8, 4) is 17.1 Å². The van der Waals surface area contributed by atoms with Crippen LogP contribution in [-0.2, 0) is 5.92 Å². The minimum absolute atomic E-state index is 0.0649. The topological polar surface area (TPSA) is 48.2 Å². The quantitative estimate of drug-likeness (QED) is 0.800. The molecule has 0 N–H and O–H groups in total. The second kappa shape index (κ2) is 6.16. The maximum atomic E-state index is 13.5. The van der Waals surface area contributed by atoms with Gasteiger partial charge in [-0.3, -0.25) is 0 Å². The van der Waals surface area contributed by atoms with E-state index in [1.807, 2.05) is 13.8 Å². The monoisotopic (exact) mass is 334 g/mol. The van der Waals surface area contributed by atoms with Crippen LogP contribution in [0.3, 0.4) is 0 Å². The molecule has 1 aromatic heterocycles. The summed E-state index contributed by atoms with van der Waals surface area (Å²) in [6, 6.07) is 4.59. The zero-order valence-electron chi connectivity index (χ0n) is 12.1. The first-order valence-corrected chi connectivity index (χ1v) is 6.92. The van der Waals surface area contributed by atoms with Gasteiger partial charge in [-0.1, -0.05) is 16.8 Å². The van der Waals surface area contributed by atoms with Crippen LogP contribution in [0.2, 0.25) is 5.02 Å². The van der Waals surface area contributed by atoms with E-state index in [1.54, 1.807) is 12.1 Å². The van der Waals surface area contributed by atoms with Crippen LogP contribution in [0.4, 0.5) is 13.2 Å². The van der Waals surface area contributed by atoms with Crippen LogP contribution in [-0.4, -0.2) is 22.4 Å². The van der Waals surface area contributed by atoms with Crippen molar-refractivity contribution in [1.82, 2.24) is 10.1 Å². The zero-order valence-corrected chi connectivity index (χ0v) is 12.9. The Hall–Kier alpha value is -1.76. The first-order chi connectivity index (χ1) is 10.2. The summed E-state index contributed by atoms with van der Waals surface area (Å²) >= 11 is 6.05. The van der Waals surface area contributed by atoms with Crippen LogP contribution in [0.5, 0.6) is 5.75 Å². The van der Waals surface area contributed by atoms with Crippen molar-refractivity contribution in [2.75, 3.05) is 0 Å². The van der Waals surface area contributed by atoms with Crippen LogP contribution < -0.4 is 4.74 Å². The van der Waals surface area contributed by atoms with E-state index in [-0.39, 0.29) is 17.0 Å². The van der Waals surface area contributed by atoms with Gasteiger partial charge < -0.3 is 9.26 Å². The fraction of sp³-hybridized carbons (Fsp3) is 0.429. The Kier molecular flexibility index (Phi) is 4.65. The summed E-state index contributed by atoms with van der Waals surface area (Å²) in [4.78, 5) is 3.54. The highest BCUT2D eigenvalue weighted by molar-refractivity contribution is 6.32. The second-order valence-corrected chi connectivity index (χ2v) is 5.38. The number of ether oxygens (including phenoxy) is 1. The molecule has 1 unspecified atom stereocenters. The number of hydrogen-bond donors (Lipinski definition) is 0. The molecular formula is C14H14ClF3N2O2. The minimum atomic E-state index is -3.84.